The minimum absolute atomic E-state index is 0.766. The molecule has 0 aromatic rings. The van der Waals surface area contributed by atoms with E-state index in [4.69, 9.17) is 0 Å². The SMILES string of the molecule is C=CCNCC(C(C)C)C(C)C. The van der Waals surface area contributed by atoms with E-state index in [0.717, 1.165) is 30.8 Å². The third-order valence-corrected chi connectivity index (χ3v) is 2.38. The molecule has 1 N–H and O–H groups in total. The molecule has 0 aromatic heterocycles. The predicted molar refractivity (Wildman–Crippen MR) is 56.2 cm³/mol. The number of rotatable bonds is 6. The fourth-order valence-electron chi connectivity index (χ4n) is 1.59. The fraction of sp³-hybridized carbons (Fsp3) is 0.818. The Labute approximate surface area is 77.2 Å². The van der Waals surface area contributed by atoms with E-state index in [0.29, 0.717) is 0 Å². The molecule has 0 bridgehead atoms. The summed E-state index contributed by atoms with van der Waals surface area (Å²) in [5.74, 6) is 2.31. The molecule has 12 heavy (non-hydrogen) atoms. The molecule has 0 unspecified atom stereocenters. The van der Waals surface area contributed by atoms with Gasteiger partial charge >= 0.3 is 0 Å². The van der Waals surface area contributed by atoms with Gasteiger partial charge < -0.3 is 5.32 Å². The molecular weight excluding hydrogens is 146 g/mol. The van der Waals surface area contributed by atoms with Crippen molar-refractivity contribution in [1.82, 2.24) is 5.32 Å². The number of nitrogens with one attached hydrogen (secondary N) is 1. The van der Waals surface area contributed by atoms with Crippen LogP contribution in [-0.2, 0) is 0 Å². The topological polar surface area (TPSA) is 12.0 Å². The molecule has 0 saturated heterocycles. The van der Waals surface area contributed by atoms with Crippen molar-refractivity contribution in [2.24, 2.45) is 17.8 Å². The van der Waals surface area contributed by atoms with Crippen LogP contribution in [0.25, 0.3) is 0 Å². The van der Waals surface area contributed by atoms with Crippen molar-refractivity contribution in [2.75, 3.05) is 13.1 Å². The molecule has 0 rings (SSSR count). The molecular formula is C11H23N. The van der Waals surface area contributed by atoms with Crippen LogP contribution < -0.4 is 5.32 Å². The van der Waals surface area contributed by atoms with Gasteiger partial charge in [-0.3, -0.25) is 0 Å². The Morgan fingerprint density at radius 2 is 1.67 bits per heavy atom. The molecule has 0 atom stereocenters. The Kier molecular flexibility index (Phi) is 6.09. The van der Waals surface area contributed by atoms with Crippen LogP contribution in [0.4, 0.5) is 0 Å². The molecule has 0 fully saturated rings. The molecule has 0 radical (unpaired) electrons. The first-order valence-electron chi connectivity index (χ1n) is 4.91. The minimum Gasteiger partial charge on any atom is -0.313 e. The van der Waals surface area contributed by atoms with E-state index in [9.17, 15) is 0 Å². The molecule has 1 nitrogen and oxygen atoms in total. The second-order valence-corrected chi connectivity index (χ2v) is 4.10. The molecule has 0 aromatic carbocycles. The first-order valence-corrected chi connectivity index (χ1v) is 4.91. The van der Waals surface area contributed by atoms with Crippen LogP contribution >= 0.6 is 0 Å². The molecule has 0 aliphatic rings. The van der Waals surface area contributed by atoms with Crippen molar-refractivity contribution in [3.05, 3.63) is 12.7 Å². The van der Waals surface area contributed by atoms with Crippen molar-refractivity contribution in [3.8, 4) is 0 Å². The molecule has 0 aliphatic carbocycles. The lowest BCUT2D eigenvalue weighted by molar-refractivity contribution is 0.279. The molecule has 72 valence electrons. The van der Waals surface area contributed by atoms with Crippen molar-refractivity contribution in [2.45, 2.75) is 27.7 Å². The maximum Gasteiger partial charge on any atom is 0.0132 e. The summed E-state index contributed by atoms with van der Waals surface area (Å²) in [6, 6.07) is 0. The summed E-state index contributed by atoms with van der Waals surface area (Å²) in [7, 11) is 0. The Morgan fingerprint density at radius 3 is 2.00 bits per heavy atom. The van der Waals surface area contributed by atoms with E-state index in [2.05, 4.69) is 39.6 Å². The third-order valence-electron chi connectivity index (χ3n) is 2.38. The quantitative estimate of drug-likeness (QED) is 0.476. The maximum atomic E-state index is 3.68. The van der Waals surface area contributed by atoms with Gasteiger partial charge in [0.1, 0.15) is 0 Å². The van der Waals surface area contributed by atoms with Crippen molar-refractivity contribution < 1.29 is 0 Å². The maximum absolute atomic E-state index is 3.68. The van der Waals surface area contributed by atoms with E-state index < -0.39 is 0 Å². The summed E-state index contributed by atoms with van der Waals surface area (Å²) < 4.78 is 0. The molecule has 0 aliphatic heterocycles. The minimum atomic E-state index is 0.766. The summed E-state index contributed by atoms with van der Waals surface area (Å²) >= 11 is 0. The van der Waals surface area contributed by atoms with Crippen LogP contribution in [0.3, 0.4) is 0 Å². The van der Waals surface area contributed by atoms with Crippen LogP contribution in [0.1, 0.15) is 27.7 Å². The van der Waals surface area contributed by atoms with Gasteiger partial charge in [-0.15, -0.1) is 6.58 Å². The summed E-state index contributed by atoms with van der Waals surface area (Å²) in [6.07, 6.45) is 1.91. The van der Waals surface area contributed by atoms with Crippen LogP contribution in [0.2, 0.25) is 0 Å². The largest absolute Gasteiger partial charge is 0.313 e. The number of hydrogen-bond acceptors (Lipinski definition) is 1. The zero-order valence-electron chi connectivity index (χ0n) is 8.93. The van der Waals surface area contributed by atoms with E-state index in [1.807, 2.05) is 6.08 Å². The average Bonchev–Trinajstić information content (AvgIpc) is 1.96. The van der Waals surface area contributed by atoms with Gasteiger partial charge in [0.05, 0.1) is 0 Å². The second kappa shape index (κ2) is 6.24. The lowest BCUT2D eigenvalue weighted by Gasteiger charge is -2.24. The van der Waals surface area contributed by atoms with E-state index >= 15 is 0 Å². The van der Waals surface area contributed by atoms with Gasteiger partial charge in [0.15, 0.2) is 0 Å². The number of hydrogen-bond donors (Lipinski definition) is 1. The molecule has 0 heterocycles. The van der Waals surface area contributed by atoms with E-state index in [-0.39, 0.29) is 0 Å². The monoisotopic (exact) mass is 169 g/mol. The zero-order chi connectivity index (χ0) is 9.56. The van der Waals surface area contributed by atoms with Gasteiger partial charge in [0.25, 0.3) is 0 Å². The van der Waals surface area contributed by atoms with Crippen LogP contribution in [0, 0.1) is 17.8 Å². The smallest absolute Gasteiger partial charge is 0.0132 e. The zero-order valence-corrected chi connectivity index (χ0v) is 8.93. The van der Waals surface area contributed by atoms with Crippen molar-refractivity contribution in [3.63, 3.8) is 0 Å². The van der Waals surface area contributed by atoms with Crippen LogP contribution in [0.15, 0.2) is 12.7 Å². The lowest BCUT2D eigenvalue weighted by atomic mass is 9.85. The fourth-order valence-corrected chi connectivity index (χ4v) is 1.59. The van der Waals surface area contributed by atoms with Crippen LogP contribution in [-0.4, -0.2) is 13.1 Å². The Morgan fingerprint density at radius 1 is 1.17 bits per heavy atom. The molecule has 0 saturated carbocycles. The highest BCUT2D eigenvalue weighted by Crippen LogP contribution is 2.19. The van der Waals surface area contributed by atoms with Gasteiger partial charge in [-0.1, -0.05) is 33.8 Å². The first-order chi connectivity index (χ1) is 5.59. The molecule has 0 spiro atoms. The molecule has 1 heteroatoms. The lowest BCUT2D eigenvalue weighted by Crippen LogP contribution is -2.29. The highest BCUT2D eigenvalue weighted by Gasteiger charge is 2.15. The highest BCUT2D eigenvalue weighted by atomic mass is 14.8. The highest BCUT2D eigenvalue weighted by molar-refractivity contribution is 4.74. The van der Waals surface area contributed by atoms with Gasteiger partial charge in [-0.25, -0.2) is 0 Å². The molecule has 0 amide bonds. The average molecular weight is 169 g/mol. The van der Waals surface area contributed by atoms with E-state index in [1.54, 1.807) is 0 Å². The summed E-state index contributed by atoms with van der Waals surface area (Å²) in [5, 5.41) is 3.38. The Hall–Kier alpha value is -0.300. The van der Waals surface area contributed by atoms with Gasteiger partial charge in [0.2, 0.25) is 0 Å². The Bertz CT molecular complexity index is 108. The summed E-state index contributed by atoms with van der Waals surface area (Å²) in [6.45, 7) is 14.9. The van der Waals surface area contributed by atoms with Crippen molar-refractivity contribution in [1.29, 1.82) is 0 Å². The van der Waals surface area contributed by atoms with Gasteiger partial charge in [-0.2, -0.15) is 0 Å². The summed E-state index contributed by atoms with van der Waals surface area (Å²) in [4.78, 5) is 0. The van der Waals surface area contributed by atoms with E-state index in [1.165, 1.54) is 0 Å². The summed E-state index contributed by atoms with van der Waals surface area (Å²) in [5.41, 5.74) is 0. The standard InChI is InChI=1S/C11H23N/c1-6-7-12-8-11(9(2)3)10(4)5/h6,9-12H,1,7-8H2,2-5H3. The van der Waals surface area contributed by atoms with Crippen LogP contribution in [0.5, 0.6) is 0 Å². The van der Waals surface area contributed by atoms with Gasteiger partial charge in [0, 0.05) is 6.54 Å². The first kappa shape index (κ1) is 11.7. The Balaban J connectivity index is 3.71. The predicted octanol–water partition coefficient (Wildman–Crippen LogP) is 2.69. The van der Waals surface area contributed by atoms with Gasteiger partial charge in [-0.05, 0) is 24.3 Å². The third kappa shape index (κ3) is 4.55. The normalized spacial score (nSPS) is 11.6. The second-order valence-electron chi connectivity index (χ2n) is 4.10. The van der Waals surface area contributed by atoms with Crippen molar-refractivity contribution >= 4 is 0 Å².